The molecule has 0 saturated heterocycles. The van der Waals surface area contributed by atoms with Crippen LogP contribution in [0.2, 0.25) is 0 Å². The summed E-state index contributed by atoms with van der Waals surface area (Å²) in [5.74, 6) is -0.850. The molecule has 0 saturated carbocycles. The Hall–Kier alpha value is -2.39. The minimum absolute atomic E-state index is 0.0199. The van der Waals surface area contributed by atoms with Gasteiger partial charge in [-0.25, -0.2) is 0 Å². The summed E-state index contributed by atoms with van der Waals surface area (Å²) in [6.07, 6.45) is 4.70. The van der Waals surface area contributed by atoms with Crippen molar-refractivity contribution in [1.82, 2.24) is 0 Å². The van der Waals surface area contributed by atoms with Crippen LogP contribution in [0.3, 0.4) is 0 Å². The van der Waals surface area contributed by atoms with Crippen LogP contribution >= 0.6 is 0 Å². The number of rotatable bonds is 6. The van der Waals surface area contributed by atoms with Gasteiger partial charge in [-0.2, -0.15) is 0 Å². The van der Waals surface area contributed by atoms with E-state index in [1.54, 1.807) is 36.4 Å². The van der Waals surface area contributed by atoms with Gasteiger partial charge in [0.1, 0.15) is 0 Å². The second-order valence-corrected chi connectivity index (χ2v) is 19.3. The van der Waals surface area contributed by atoms with Crippen molar-refractivity contribution in [3.05, 3.63) is 101 Å². The summed E-state index contributed by atoms with van der Waals surface area (Å²) in [4.78, 5) is 0. The Labute approximate surface area is 196 Å². The zero-order chi connectivity index (χ0) is 24.0. The Balaban J connectivity index is 2.07. The molecule has 33 heavy (non-hydrogen) atoms. The maximum absolute atomic E-state index is 15.0. The molecule has 0 aromatic heterocycles. The van der Waals surface area contributed by atoms with E-state index >= 15 is 0 Å². The van der Waals surface area contributed by atoms with E-state index in [1.807, 2.05) is 19.9 Å². The normalized spacial score (nSPS) is 19.1. The van der Waals surface area contributed by atoms with Crippen LogP contribution in [0.4, 0.5) is 8.78 Å². The van der Waals surface area contributed by atoms with E-state index in [2.05, 4.69) is 26.8 Å². The van der Waals surface area contributed by atoms with Gasteiger partial charge in [0, 0.05) is 0 Å². The molecule has 2 aromatic rings. The summed E-state index contributed by atoms with van der Waals surface area (Å²) >= 11 is -5.58. The number of halogens is 2. The standard InChI is InChI=1S/C9H13.2C6H5FO.C6H7.CH2.Zr/c1-6-5-7(2)9(4)8(6)3;2*7-5-3-1-2-4-6(5)8;1-6-4-2-3-5-6;;/h6H,1-4H3;2*1-4,8H;4-5H,2H2,1H3;1H2;/q;;;;;+2/p-2. The van der Waals surface area contributed by atoms with Crippen molar-refractivity contribution >= 4 is 4.21 Å². The van der Waals surface area contributed by atoms with E-state index in [-0.39, 0.29) is 17.4 Å². The Bertz CT molecular complexity index is 1280. The molecule has 0 bridgehead atoms. The molecule has 4 rings (SSSR count). The maximum atomic E-state index is 15.0. The Morgan fingerprint density at radius 1 is 0.848 bits per heavy atom. The van der Waals surface area contributed by atoms with E-state index in [9.17, 15) is 8.78 Å². The van der Waals surface area contributed by atoms with Crippen LogP contribution < -0.4 is 5.63 Å². The SMILES string of the molecule is [CH2]=[Zr]([O]c1ccccc1F)([O]c1ccccc1F)([C]1=CC(C)=CC1)[C]1=C(C)C(C)=C(C)C1C. The van der Waals surface area contributed by atoms with E-state index in [0.717, 1.165) is 23.3 Å². The van der Waals surface area contributed by atoms with Gasteiger partial charge in [0.2, 0.25) is 0 Å². The Morgan fingerprint density at radius 3 is 1.76 bits per heavy atom. The van der Waals surface area contributed by atoms with Crippen molar-refractivity contribution in [3.63, 3.8) is 0 Å². The molecule has 0 spiro atoms. The van der Waals surface area contributed by atoms with Crippen LogP contribution in [-0.2, 0) is 19.2 Å². The van der Waals surface area contributed by atoms with Gasteiger partial charge in [-0.3, -0.25) is 0 Å². The van der Waals surface area contributed by atoms with Crippen LogP contribution in [0.15, 0.2) is 89.5 Å². The van der Waals surface area contributed by atoms with Gasteiger partial charge in [0.15, 0.2) is 0 Å². The van der Waals surface area contributed by atoms with Gasteiger partial charge in [0.25, 0.3) is 0 Å². The van der Waals surface area contributed by atoms with Crippen LogP contribution in [0.25, 0.3) is 0 Å². The molecule has 2 aliphatic rings. The van der Waals surface area contributed by atoms with Crippen LogP contribution in [0.1, 0.15) is 41.0 Å². The number of benzene rings is 2. The Morgan fingerprint density at radius 2 is 1.36 bits per heavy atom. The van der Waals surface area contributed by atoms with Crippen molar-refractivity contribution < 1.29 is 33.6 Å². The summed E-state index contributed by atoms with van der Waals surface area (Å²) in [5, 5.41) is 0. The number of hydrogen-bond donors (Lipinski definition) is 0. The summed E-state index contributed by atoms with van der Waals surface area (Å²) in [7, 11) is 0. The third kappa shape index (κ3) is 3.85. The van der Waals surface area contributed by atoms with Crippen molar-refractivity contribution in [2.45, 2.75) is 41.0 Å². The zero-order valence-corrected chi connectivity index (χ0v) is 22.3. The first-order valence-electron chi connectivity index (χ1n) is 11.2. The predicted octanol–water partition coefficient (Wildman–Crippen LogP) is 7.87. The van der Waals surface area contributed by atoms with Gasteiger partial charge in [-0.1, -0.05) is 0 Å². The average Bonchev–Trinajstić information content (AvgIpc) is 3.30. The van der Waals surface area contributed by atoms with Crippen molar-refractivity contribution in [1.29, 1.82) is 0 Å². The van der Waals surface area contributed by atoms with Gasteiger partial charge >= 0.3 is 197 Å². The summed E-state index contributed by atoms with van der Waals surface area (Å²) in [5.41, 5.74) is 4.45. The molecule has 0 aliphatic heterocycles. The summed E-state index contributed by atoms with van der Waals surface area (Å²) in [6, 6.07) is 12.6. The van der Waals surface area contributed by atoms with Gasteiger partial charge in [0.05, 0.1) is 0 Å². The molecule has 1 atom stereocenters. The molecular weight excluding hydrogens is 498 g/mol. The van der Waals surface area contributed by atoms with Crippen LogP contribution in [0.5, 0.6) is 11.5 Å². The predicted molar refractivity (Wildman–Crippen MR) is 128 cm³/mol. The molecule has 0 radical (unpaired) electrons. The molecule has 0 fully saturated rings. The van der Waals surface area contributed by atoms with Gasteiger partial charge < -0.3 is 0 Å². The number of para-hydroxylation sites is 2. The van der Waals surface area contributed by atoms with E-state index in [1.165, 1.54) is 17.7 Å². The average molecular weight is 528 g/mol. The first-order chi connectivity index (χ1) is 15.6. The molecule has 0 amide bonds. The molecule has 0 heterocycles. The topological polar surface area (TPSA) is 18.5 Å². The molecule has 172 valence electrons. The third-order valence-corrected chi connectivity index (χ3v) is 19.1. The van der Waals surface area contributed by atoms with Crippen molar-refractivity contribution in [2.24, 2.45) is 5.92 Å². The second-order valence-electron chi connectivity index (χ2n) is 9.21. The monoisotopic (exact) mass is 526 g/mol. The van der Waals surface area contributed by atoms with Crippen molar-refractivity contribution in [2.75, 3.05) is 0 Å². The fraction of sp³-hybridized carbons (Fsp3) is 0.250. The van der Waals surface area contributed by atoms with Crippen LogP contribution in [0, 0.1) is 17.6 Å². The molecule has 1 unspecified atom stereocenters. The van der Waals surface area contributed by atoms with E-state index in [0.29, 0.717) is 6.42 Å². The van der Waals surface area contributed by atoms with E-state index in [4.69, 9.17) is 9.84 Å². The molecule has 5 heteroatoms. The summed E-state index contributed by atoms with van der Waals surface area (Å²) < 4.78 is 50.2. The first kappa shape index (κ1) is 23.8. The zero-order valence-electron chi connectivity index (χ0n) is 19.8. The van der Waals surface area contributed by atoms with Crippen LogP contribution in [-0.4, -0.2) is 4.21 Å². The molecule has 2 nitrogen and oxygen atoms in total. The first-order valence-corrected chi connectivity index (χ1v) is 17.4. The molecule has 2 aromatic carbocycles. The number of allylic oxidation sites excluding steroid dienone is 8. The third-order valence-electron chi connectivity index (χ3n) is 7.21. The fourth-order valence-electron chi connectivity index (χ4n) is 5.15. The molecule has 0 N–H and O–H groups in total. The number of hydrogen-bond acceptors (Lipinski definition) is 2. The summed E-state index contributed by atoms with van der Waals surface area (Å²) in [6.45, 7) is 10.3. The van der Waals surface area contributed by atoms with E-state index < -0.39 is 30.8 Å². The quantitative estimate of drug-likeness (QED) is 0.381. The second kappa shape index (κ2) is 8.43. The Kier molecular flexibility index (Phi) is 6.07. The van der Waals surface area contributed by atoms with Crippen molar-refractivity contribution in [3.8, 4) is 11.5 Å². The van der Waals surface area contributed by atoms with Gasteiger partial charge in [-0.15, -0.1) is 0 Å². The molecular formula is C28H30F2O2Zr. The molecule has 2 aliphatic carbocycles. The fourth-order valence-corrected chi connectivity index (χ4v) is 17.9. The minimum atomic E-state index is -5.58. The van der Waals surface area contributed by atoms with Gasteiger partial charge in [-0.05, 0) is 0 Å².